The van der Waals surface area contributed by atoms with Crippen molar-refractivity contribution >= 4 is 57.3 Å². The molecule has 1 aromatic carbocycles. The van der Waals surface area contributed by atoms with Crippen LogP contribution in [0.5, 0.6) is 0 Å². The Morgan fingerprint density at radius 2 is 1.74 bits per heavy atom. The van der Waals surface area contributed by atoms with E-state index in [0.29, 0.717) is 25.8 Å². The second kappa shape index (κ2) is 8.65. The van der Waals surface area contributed by atoms with E-state index in [1.165, 1.54) is 16.9 Å². The molecule has 0 atom stereocenters. The first kappa shape index (κ1) is 19.5. The number of aromatic nitrogens is 1. The number of aliphatic hydroxyl groups excluding tert-OH is 1. The van der Waals surface area contributed by atoms with Crippen LogP contribution in [0.3, 0.4) is 0 Å². The summed E-state index contributed by atoms with van der Waals surface area (Å²) in [4.78, 5) is 1.08. The molecular formula is C21H20ClN2OS2+. The summed E-state index contributed by atoms with van der Waals surface area (Å²) in [5.74, 6) is 0.549. The molecule has 6 heteroatoms. The maximum atomic E-state index is 10.9. The fraction of sp³-hybridized carbons (Fsp3) is 0.143. The van der Waals surface area contributed by atoms with E-state index in [2.05, 4.69) is 31.3 Å². The van der Waals surface area contributed by atoms with Gasteiger partial charge in [-0.2, -0.15) is 4.57 Å². The number of halogens is 1. The number of aliphatic hydroxyl groups is 1. The molecule has 0 saturated heterocycles. The average molecular weight is 416 g/mol. The van der Waals surface area contributed by atoms with Crippen LogP contribution in [0.4, 0.5) is 5.69 Å². The molecule has 0 spiro atoms. The summed E-state index contributed by atoms with van der Waals surface area (Å²) in [5, 5.41) is 14.1. The first-order valence-corrected chi connectivity index (χ1v) is 10.1. The number of benzene rings is 1. The third-order valence-corrected chi connectivity index (χ3v) is 5.59. The molecule has 2 aromatic heterocycles. The van der Waals surface area contributed by atoms with Gasteiger partial charge in [0, 0.05) is 17.8 Å². The first-order chi connectivity index (χ1) is 13.0. The molecule has 3 nitrogen and oxygen atoms in total. The van der Waals surface area contributed by atoms with Crippen LogP contribution in [-0.2, 0) is 0 Å². The number of hydrogen-bond acceptors (Lipinski definition) is 3. The highest BCUT2D eigenvalue weighted by atomic mass is 35.5. The van der Waals surface area contributed by atoms with Crippen LogP contribution < -0.4 is 9.88 Å². The lowest BCUT2D eigenvalue weighted by molar-refractivity contribution is -0.575. The number of rotatable bonds is 5. The number of anilines is 1. The minimum absolute atomic E-state index is 0.0828. The van der Waals surface area contributed by atoms with E-state index in [9.17, 15) is 5.11 Å². The molecule has 138 valence electrons. The summed E-state index contributed by atoms with van der Waals surface area (Å²) in [6.45, 7) is 4.31. The zero-order valence-electron chi connectivity index (χ0n) is 15.0. The minimum Gasteiger partial charge on any atom is -0.501 e. The van der Waals surface area contributed by atoms with E-state index < -0.39 is 0 Å². The van der Waals surface area contributed by atoms with Gasteiger partial charge in [-0.05, 0) is 35.7 Å². The van der Waals surface area contributed by atoms with Crippen LogP contribution in [0.2, 0.25) is 4.34 Å². The van der Waals surface area contributed by atoms with Crippen molar-refractivity contribution in [3.63, 3.8) is 0 Å². The normalized spacial score (nSPS) is 12.0. The average Bonchev–Trinajstić information content (AvgIpc) is 3.09. The van der Waals surface area contributed by atoms with E-state index in [1.54, 1.807) is 16.7 Å². The molecule has 0 bridgehead atoms. The van der Waals surface area contributed by atoms with Crippen molar-refractivity contribution in [2.75, 3.05) is 5.32 Å². The number of hydrogen-bond donors (Lipinski definition) is 2. The van der Waals surface area contributed by atoms with Crippen LogP contribution >= 0.6 is 35.2 Å². The van der Waals surface area contributed by atoms with Crippen molar-refractivity contribution in [3.05, 3.63) is 81.8 Å². The molecule has 2 heterocycles. The number of thiocarbonyl (C=S) groups is 1. The fourth-order valence-electron chi connectivity index (χ4n) is 2.59. The van der Waals surface area contributed by atoms with E-state index in [4.69, 9.17) is 23.8 Å². The highest BCUT2D eigenvalue weighted by Crippen LogP contribution is 2.29. The summed E-state index contributed by atoms with van der Waals surface area (Å²) in [7, 11) is 0. The van der Waals surface area contributed by atoms with Gasteiger partial charge in [-0.15, -0.1) is 11.3 Å². The highest BCUT2D eigenvalue weighted by molar-refractivity contribution is 7.81. The Hall–Kier alpha value is -2.21. The topological polar surface area (TPSA) is 36.1 Å². The van der Waals surface area contributed by atoms with Gasteiger partial charge in [0.2, 0.25) is 5.76 Å². The van der Waals surface area contributed by atoms with E-state index in [-0.39, 0.29) is 5.76 Å². The molecule has 3 aromatic rings. The lowest BCUT2D eigenvalue weighted by atomic mass is 10.0. The SMILES string of the molecule is CC(C)c1ccc(NC(=S)/C(=C(\O)c2ccc(Cl)s2)[n+]2ccccc2)cc1. The van der Waals surface area contributed by atoms with Gasteiger partial charge in [-0.3, -0.25) is 0 Å². The Kier molecular flexibility index (Phi) is 6.26. The lowest BCUT2D eigenvalue weighted by Gasteiger charge is -2.11. The quantitative estimate of drug-likeness (QED) is 0.227. The Morgan fingerprint density at radius 3 is 2.30 bits per heavy atom. The Balaban J connectivity index is 1.96. The second-order valence-electron chi connectivity index (χ2n) is 6.31. The van der Waals surface area contributed by atoms with Gasteiger partial charge in [0.15, 0.2) is 17.4 Å². The Bertz CT molecular complexity index is 963. The first-order valence-electron chi connectivity index (χ1n) is 8.52. The molecule has 0 amide bonds. The van der Waals surface area contributed by atoms with E-state index in [1.807, 2.05) is 42.7 Å². The van der Waals surface area contributed by atoms with Gasteiger partial charge in [0.25, 0.3) is 5.70 Å². The molecule has 0 aliphatic rings. The maximum absolute atomic E-state index is 10.9. The van der Waals surface area contributed by atoms with Gasteiger partial charge in [-0.25, -0.2) is 0 Å². The van der Waals surface area contributed by atoms with Crippen molar-refractivity contribution in [2.24, 2.45) is 0 Å². The van der Waals surface area contributed by atoms with Crippen molar-refractivity contribution in [3.8, 4) is 0 Å². The predicted molar refractivity (Wildman–Crippen MR) is 118 cm³/mol. The van der Waals surface area contributed by atoms with Gasteiger partial charge in [0.1, 0.15) is 0 Å². The molecule has 0 aliphatic carbocycles. The monoisotopic (exact) mass is 415 g/mol. The van der Waals surface area contributed by atoms with Crippen LogP contribution in [-0.4, -0.2) is 10.1 Å². The molecule has 0 saturated carbocycles. The molecule has 3 rings (SSSR count). The molecule has 0 fully saturated rings. The van der Waals surface area contributed by atoms with Crippen molar-refractivity contribution < 1.29 is 9.67 Å². The van der Waals surface area contributed by atoms with Crippen LogP contribution in [0.15, 0.2) is 67.0 Å². The maximum Gasteiger partial charge on any atom is 0.289 e. The third kappa shape index (κ3) is 4.75. The zero-order chi connectivity index (χ0) is 19.4. The summed E-state index contributed by atoms with van der Waals surface area (Å²) < 4.78 is 2.40. The lowest BCUT2D eigenvalue weighted by Crippen LogP contribution is -2.38. The molecule has 0 aliphatic heterocycles. The van der Waals surface area contributed by atoms with Crippen LogP contribution in [0.25, 0.3) is 11.5 Å². The predicted octanol–water partition coefficient (Wildman–Crippen LogP) is 6.14. The van der Waals surface area contributed by atoms with Crippen molar-refractivity contribution in [1.82, 2.24) is 0 Å². The van der Waals surface area contributed by atoms with Crippen molar-refractivity contribution in [1.29, 1.82) is 0 Å². The van der Waals surface area contributed by atoms with Crippen LogP contribution in [0, 0.1) is 0 Å². The third-order valence-electron chi connectivity index (χ3n) is 4.05. The van der Waals surface area contributed by atoms with Gasteiger partial charge < -0.3 is 10.4 Å². The largest absolute Gasteiger partial charge is 0.501 e. The summed E-state index contributed by atoms with van der Waals surface area (Å²) in [5.41, 5.74) is 2.63. The number of thiophene rings is 1. The summed E-state index contributed by atoms with van der Waals surface area (Å²) in [6, 6.07) is 17.4. The van der Waals surface area contributed by atoms with Gasteiger partial charge in [-0.1, -0.05) is 55.9 Å². The Labute approximate surface area is 173 Å². The fourth-order valence-corrected chi connectivity index (χ4v) is 3.90. The second-order valence-corrected chi connectivity index (χ2v) is 8.44. The van der Waals surface area contributed by atoms with E-state index in [0.717, 1.165) is 5.69 Å². The Morgan fingerprint density at radius 1 is 1.07 bits per heavy atom. The molecule has 0 unspecified atom stereocenters. The smallest absolute Gasteiger partial charge is 0.289 e. The number of nitrogens with zero attached hydrogens (tertiary/aromatic N) is 1. The number of nitrogens with one attached hydrogen (secondary N) is 1. The standard InChI is InChI=1S/C21H19ClN2OS2/c1-14(2)15-6-8-16(9-7-15)23-21(26)19(24-12-4-3-5-13-24)20(25)17-10-11-18(22)27-17/h3-14H,1-2H3,(H-,23,25,26)/p+1. The molecular weight excluding hydrogens is 396 g/mol. The summed E-state index contributed by atoms with van der Waals surface area (Å²) >= 11 is 13.0. The molecule has 27 heavy (non-hydrogen) atoms. The number of pyridine rings is 1. The zero-order valence-corrected chi connectivity index (χ0v) is 17.4. The van der Waals surface area contributed by atoms with E-state index >= 15 is 0 Å². The minimum atomic E-state index is 0.0828. The van der Waals surface area contributed by atoms with Gasteiger partial charge >= 0.3 is 0 Å². The summed E-state index contributed by atoms with van der Waals surface area (Å²) in [6.07, 6.45) is 3.69. The highest BCUT2D eigenvalue weighted by Gasteiger charge is 2.24. The van der Waals surface area contributed by atoms with Crippen LogP contribution in [0.1, 0.15) is 30.2 Å². The molecule has 2 N–H and O–H groups in total. The molecule has 0 radical (unpaired) electrons. The van der Waals surface area contributed by atoms with Gasteiger partial charge in [0.05, 0.1) is 9.21 Å². The van der Waals surface area contributed by atoms with Crippen molar-refractivity contribution in [2.45, 2.75) is 19.8 Å².